The lowest BCUT2D eigenvalue weighted by Gasteiger charge is -2.27. The zero-order valence-electron chi connectivity index (χ0n) is 16.8. The minimum absolute atomic E-state index is 0.139. The SMILES string of the molecule is C[C@H](/C=C/S(C)(=O)=O)NC(=O)c1ccc(N2CCC[C@H]2c2ccccc2F)cc1F. The van der Waals surface area contributed by atoms with E-state index in [0.29, 0.717) is 17.8 Å². The summed E-state index contributed by atoms with van der Waals surface area (Å²) in [5.41, 5.74) is 1.02. The maximum absolute atomic E-state index is 14.7. The first-order chi connectivity index (χ1) is 14.2. The maximum Gasteiger partial charge on any atom is 0.254 e. The Labute approximate surface area is 175 Å². The summed E-state index contributed by atoms with van der Waals surface area (Å²) in [6.07, 6.45) is 3.98. The first kappa shape index (κ1) is 22.0. The molecule has 1 saturated heterocycles. The van der Waals surface area contributed by atoms with Crippen LogP contribution < -0.4 is 10.2 Å². The number of carbonyl (C=O) groups is 1. The van der Waals surface area contributed by atoms with Crippen molar-refractivity contribution in [3.8, 4) is 0 Å². The van der Waals surface area contributed by atoms with E-state index in [2.05, 4.69) is 5.32 Å². The number of hydrogen-bond acceptors (Lipinski definition) is 4. The summed E-state index contributed by atoms with van der Waals surface area (Å²) < 4.78 is 51.3. The topological polar surface area (TPSA) is 66.5 Å². The van der Waals surface area contributed by atoms with E-state index in [4.69, 9.17) is 0 Å². The second-order valence-corrected chi connectivity index (χ2v) is 9.39. The van der Waals surface area contributed by atoms with E-state index in [1.54, 1.807) is 31.2 Å². The summed E-state index contributed by atoms with van der Waals surface area (Å²) in [6, 6.07) is 10.1. The van der Waals surface area contributed by atoms with Crippen molar-refractivity contribution in [2.24, 2.45) is 0 Å². The van der Waals surface area contributed by atoms with Gasteiger partial charge in [0.25, 0.3) is 5.91 Å². The molecule has 3 rings (SSSR count). The van der Waals surface area contributed by atoms with Gasteiger partial charge in [-0.2, -0.15) is 0 Å². The molecule has 160 valence electrons. The number of benzene rings is 2. The standard InChI is InChI=1S/C22H24F2N2O3S/c1-15(11-13-30(2,28)29)25-22(27)18-10-9-16(14-20(18)24)26-12-5-8-21(26)17-6-3-4-7-19(17)23/h3-4,6-7,9-11,13-15,21H,5,8,12H2,1-2H3,(H,25,27)/b13-11+/t15-,21+/m1/s1. The van der Waals surface area contributed by atoms with E-state index < -0.39 is 27.6 Å². The van der Waals surface area contributed by atoms with Crippen LogP contribution in [-0.4, -0.2) is 33.2 Å². The largest absolute Gasteiger partial charge is 0.364 e. The number of nitrogens with one attached hydrogen (secondary N) is 1. The summed E-state index contributed by atoms with van der Waals surface area (Å²) >= 11 is 0. The van der Waals surface area contributed by atoms with Gasteiger partial charge in [0.15, 0.2) is 9.84 Å². The van der Waals surface area contributed by atoms with Gasteiger partial charge in [-0.15, -0.1) is 0 Å². The van der Waals surface area contributed by atoms with Crippen molar-refractivity contribution in [2.75, 3.05) is 17.7 Å². The molecule has 0 aromatic heterocycles. The molecule has 1 amide bonds. The highest BCUT2D eigenvalue weighted by molar-refractivity contribution is 7.93. The lowest BCUT2D eigenvalue weighted by Crippen LogP contribution is -2.32. The van der Waals surface area contributed by atoms with Crippen LogP contribution in [0.5, 0.6) is 0 Å². The fourth-order valence-corrected chi connectivity index (χ4v) is 4.13. The Morgan fingerprint density at radius 1 is 1.20 bits per heavy atom. The molecule has 2 aromatic carbocycles. The van der Waals surface area contributed by atoms with Crippen molar-refractivity contribution in [1.82, 2.24) is 5.32 Å². The third-order valence-electron chi connectivity index (χ3n) is 5.02. The van der Waals surface area contributed by atoms with Crippen molar-refractivity contribution in [1.29, 1.82) is 0 Å². The average molecular weight is 435 g/mol. The smallest absolute Gasteiger partial charge is 0.254 e. The van der Waals surface area contributed by atoms with Gasteiger partial charge in [0, 0.05) is 35.5 Å². The molecule has 0 spiro atoms. The summed E-state index contributed by atoms with van der Waals surface area (Å²) in [7, 11) is -3.31. The third kappa shape index (κ3) is 5.24. The normalized spacial score (nSPS) is 18.0. The number of sulfone groups is 1. The van der Waals surface area contributed by atoms with Gasteiger partial charge in [-0.05, 0) is 44.0 Å². The lowest BCUT2D eigenvalue weighted by molar-refractivity contribution is 0.0943. The van der Waals surface area contributed by atoms with Crippen LogP contribution in [0.25, 0.3) is 0 Å². The number of rotatable bonds is 6. The van der Waals surface area contributed by atoms with Gasteiger partial charge >= 0.3 is 0 Å². The van der Waals surface area contributed by atoms with Gasteiger partial charge in [0.1, 0.15) is 11.6 Å². The van der Waals surface area contributed by atoms with Gasteiger partial charge in [0.2, 0.25) is 0 Å². The minimum Gasteiger partial charge on any atom is -0.364 e. The zero-order chi connectivity index (χ0) is 21.9. The molecule has 1 aliphatic heterocycles. The molecule has 0 bridgehead atoms. The Hall–Kier alpha value is -2.74. The van der Waals surface area contributed by atoms with Crippen LogP contribution in [0.1, 0.15) is 41.7 Å². The predicted molar refractivity (Wildman–Crippen MR) is 113 cm³/mol. The number of nitrogens with zero attached hydrogens (tertiary/aromatic N) is 1. The van der Waals surface area contributed by atoms with E-state index in [-0.39, 0.29) is 17.4 Å². The average Bonchev–Trinajstić information content (AvgIpc) is 3.15. The molecular weight excluding hydrogens is 410 g/mol. The Balaban J connectivity index is 1.77. The van der Waals surface area contributed by atoms with Gasteiger partial charge in [-0.25, -0.2) is 17.2 Å². The zero-order valence-corrected chi connectivity index (χ0v) is 17.6. The Morgan fingerprint density at radius 3 is 2.60 bits per heavy atom. The van der Waals surface area contributed by atoms with E-state index >= 15 is 0 Å². The molecule has 8 heteroatoms. The molecule has 0 saturated carbocycles. The van der Waals surface area contributed by atoms with Crippen LogP contribution in [0.15, 0.2) is 53.9 Å². The van der Waals surface area contributed by atoms with Gasteiger partial charge in [-0.1, -0.05) is 24.3 Å². The predicted octanol–water partition coefficient (Wildman–Crippen LogP) is 3.98. The first-order valence-electron chi connectivity index (χ1n) is 9.65. The van der Waals surface area contributed by atoms with Crippen molar-refractivity contribution < 1.29 is 22.0 Å². The molecule has 1 aliphatic rings. The molecule has 1 N–H and O–H groups in total. The number of halogens is 2. The monoisotopic (exact) mass is 434 g/mol. The highest BCUT2D eigenvalue weighted by Crippen LogP contribution is 2.37. The highest BCUT2D eigenvalue weighted by Gasteiger charge is 2.29. The number of carbonyl (C=O) groups excluding carboxylic acids is 1. The maximum atomic E-state index is 14.7. The van der Waals surface area contributed by atoms with E-state index in [1.807, 2.05) is 4.90 Å². The molecule has 5 nitrogen and oxygen atoms in total. The summed E-state index contributed by atoms with van der Waals surface area (Å²) in [6.45, 7) is 2.26. The van der Waals surface area contributed by atoms with E-state index in [9.17, 15) is 22.0 Å². The molecule has 0 unspecified atom stereocenters. The molecular formula is C22H24F2N2O3S. The van der Waals surface area contributed by atoms with Crippen molar-refractivity contribution in [2.45, 2.75) is 31.8 Å². The van der Waals surface area contributed by atoms with Crippen molar-refractivity contribution >= 4 is 21.4 Å². The second-order valence-electron chi connectivity index (χ2n) is 7.46. The Kier molecular flexibility index (Phi) is 6.55. The molecule has 2 aromatic rings. The fourth-order valence-electron chi connectivity index (χ4n) is 3.60. The van der Waals surface area contributed by atoms with Gasteiger partial charge < -0.3 is 10.2 Å². The van der Waals surface area contributed by atoms with Gasteiger partial charge in [0.05, 0.1) is 11.6 Å². The van der Waals surface area contributed by atoms with E-state index in [1.165, 1.54) is 24.3 Å². The van der Waals surface area contributed by atoms with Crippen LogP contribution in [0.4, 0.5) is 14.5 Å². The van der Waals surface area contributed by atoms with Crippen LogP contribution in [0.3, 0.4) is 0 Å². The number of anilines is 1. The van der Waals surface area contributed by atoms with Crippen molar-refractivity contribution in [3.63, 3.8) is 0 Å². The third-order valence-corrected chi connectivity index (χ3v) is 5.67. The minimum atomic E-state index is -3.31. The molecule has 1 fully saturated rings. The Morgan fingerprint density at radius 2 is 1.93 bits per heavy atom. The fraction of sp³-hybridized carbons (Fsp3) is 0.318. The molecule has 0 aliphatic carbocycles. The summed E-state index contributed by atoms with van der Waals surface area (Å²) in [5, 5.41) is 3.54. The molecule has 0 radical (unpaired) electrons. The first-order valence-corrected chi connectivity index (χ1v) is 11.6. The van der Waals surface area contributed by atoms with Crippen LogP contribution in [0.2, 0.25) is 0 Å². The number of amides is 1. The van der Waals surface area contributed by atoms with Crippen LogP contribution >= 0.6 is 0 Å². The van der Waals surface area contributed by atoms with E-state index in [0.717, 1.165) is 24.5 Å². The molecule has 30 heavy (non-hydrogen) atoms. The quantitative estimate of drug-likeness (QED) is 0.747. The lowest BCUT2D eigenvalue weighted by atomic mass is 10.0. The highest BCUT2D eigenvalue weighted by atomic mass is 32.2. The Bertz CT molecular complexity index is 1070. The number of hydrogen-bond donors (Lipinski definition) is 1. The molecule has 1 heterocycles. The summed E-state index contributed by atoms with van der Waals surface area (Å²) in [4.78, 5) is 14.3. The van der Waals surface area contributed by atoms with Crippen molar-refractivity contribution in [3.05, 3.63) is 76.7 Å². The van der Waals surface area contributed by atoms with Crippen LogP contribution in [-0.2, 0) is 9.84 Å². The molecule has 2 atom stereocenters. The summed E-state index contributed by atoms with van der Waals surface area (Å²) in [5.74, 6) is -1.62. The van der Waals surface area contributed by atoms with Crippen LogP contribution in [0, 0.1) is 11.6 Å². The van der Waals surface area contributed by atoms with Gasteiger partial charge in [-0.3, -0.25) is 4.79 Å². The second kappa shape index (κ2) is 8.95.